The number of rotatable bonds is 3. The van der Waals surface area contributed by atoms with Crippen molar-refractivity contribution in [1.29, 1.82) is 5.26 Å². The van der Waals surface area contributed by atoms with Gasteiger partial charge in [0, 0.05) is 0 Å². The van der Waals surface area contributed by atoms with Crippen molar-refractivity contribution >= 4 is 11.5 Å². The monoisotopic (exact) mass is 192 g/mol. The molecule has 0 saturated heterocycles. The second-order valence-corrected chi connectivity index (χ2v) is 3.16. The van der Waals surface area contributed by atoms with Crippen molar-refractivity contribution in [2.45, 2.75) is 13.0 Å². The summed E-state index contributed by atoms with van der Waals surface area (Å²) in [5.41, 5.74) is 0.779. The Balaban J connectivity index is 2.75. The Labute approximate surface area is 80.8 Å². The normalized spacial score (nSPS) is 11.6. The molecule has 1 atom stereocenters. The topological polar surface area (TPSA) is 61.6 Å². The highest BCUT2D eigenvalue weighted by atomic mass is 32.1. The van der Waals surface area contributed by atoms with Gasteiger partial charge in [0.2, 0.25) is 0 Å². The minimum atomic E-state index is -0.393. The van der Waals surface area contributed by atoms with Crippen LogP contribution in [0.3, 0.4) is 0 Å². The summed E-state index contributed by atoms with van der Waals surface area (Å²) in [5, 5.41) is 15.5. The molecular formula is C8H8N4S. The first-order chi connectivity index (χ1) is 6.29. The Bertz CT molecular complexity index is 357. The molecule has 1 heterocycles. The van der Waals surface area contributed by atoms with E-state index in [1.54, 1.807) is 0 Å². The zero-order chi connectivity index (χ0) is 9.68. The van der Waals surface area contributed by atoms with Gasteiger partial charge < -0.3 is 0 Å². The van der Waals surface area contributed by atoms with Crippen molar-refractivity contribution in [3.63, 3.8) is 0 Å². The lowest BCUT2D eigenvalue weighted by Gasteiger charge is -2.05. The molecule has 0 radical (unpaired) electrons. The van der Waals surface area contributed by atoms with Gasteiger partial charge in [-0.25, -0.2) is 0 Å². The zero-order valence-corrected chi connectivity index (χ0v) is 7.93. The molecular weight excluding hydrogens is 184 g/mol. The van der Waals surface area contributed by atoms with Gasteiger partial charge in [0.15, 0.2) is 0 Å². The highest BCUT2D eigenvalue weighted by Gasteiger charge is 2.14. The summed E-state index contributed by atoms with van der Waals surface area (Å²) in [7, 11) is 0. The second-order valence-electron chi connectivity index (χ2n) is 2.37. The van der Waals surface area contributed by atoms with Crippen molar-refractivity contribution in [3.8, 4) is 18.4 Å². The number of nitrogens with zero attached hydrogens (tertiary/aromatic N) is 3. The number of terminal acetylenes is 1. The fraction of sp³-hybridized carbons (Fsp3) is 0.375. The molecule has 0 aliphatic rings. The van der Waals surface area contributed by atoms with Crippen molar-refractivity contribution in [3.05, 3.63) is 10.6 Å². The lowest BCUT2D eigenvalue weighted by Crippen LogP contribution is -2.19. The predicted octanol–water partition coefficient (Wildman–Crippen LogP) is 0.634. The van der Waals surface area contributed by atoms with E-state index >= 15 is 0 Å². The molecule has 0 saturated carbocycles. The number of nitriles is 1. The van der Waals surface area contributed by atoms with Gasteiger partial charge >= 0.3 is 0 Å². The molecule has 4 nitrogen and oxygen atoms in total. The van der Waals surface area contributed by atoms with E-state index in [9.17, 15) is 0 Å². The van der Waals surface area contributed by atoms with Crippen LogP contribution in [0.15, 0.2) is 0 Å². The molecule has 0 aliphatic heterocycles. The molecule has 1 N–H and O–H groups in total. The summed E-state index contributed by atoms with van der Waals surface area (Å²) in [4.78, 5) is 0.831. The number of hydrogen-bond acceptors (Lipinski definition) is 5. The third kappa shape index (κ3) is 2.25. The molecule has 0 aromatic carbocycles. The van der Waals surface area contributed by atoms with Crippen LogP contribution < -0.4 is 5.32 Å². The molecule has 0 bridgehead atoms. The molecule has 13 heavy (non-hydrogen) atoms. The molecule has 1 aromatic heterocycles. The summed E-state index contributed by atoms with van der Waals surface area (Å²) in [5.74, 6) is 2.42. The quantitative estimate of drug-likeness (QED) is 0.714. The second kappa shape index (κ2) is 4.56. The molecule has 0 amide bonds. The Morgan fingerprint density at radius 2 is 2.54 bits per heavy atom. The van der Waals surface area contributed by atoms with E-state index in [0.29, 0.717) is 6.54 Å². The van der Waals surface area contributed by atoms with E-state index in [1.165, 1.54) is 11.5 Å². The van der Waals surface area contributed by atoms with Gasteiger partial charge in [-0.1, -0.05) is 10.4 Å². The van der Waals surface area contributed by atoms with E-state index in [4.69, 9.17) is 11.7 Å². The molecule has 0 fully saturated rings. The molecule has 0 spiro atoms. The first-order valence-electron chi connectivity index (χ1n) is 3.65. The highest BCUT2D eigenvalue weighted by molar-refractivity contribution is 7.05. The van der Waals surface area contributed by atoms with Crippen molar-refractivity contribution < 1.29 is 0 Å². The zero-order valence-electron chi connectivity index (χ0n) is 7.11. The predicted molar refractivity (Wildman–Crippen MR) is 49.8 cm³/mol. The summed E-state index contributed by atoms with van der Waals surface area (Å²) < 4.78 is 3.75. The average Bonchev–Trinajstić information content (AvgIpc) is 2.54. The van der Waals surface area contributed by atoms with Gasteiger partial charge in [0.1, 0.15) is 6.04 Å². The van der Waals surface area contributed by atoms with Gasteiger partial charge in [0.05, 0.1) is 23.2 Å². The van der Waals surface area contributed by atoms with Crippen LogP contribution >= 0.6 is 11.5 Å². The van der Waals surface area contributed by atoms with Crippen molar-refractivity contribution in [2.24, 2.45) is 0 Å². The maximum atomic E-state index is 8.82. The third-order valence-corrected chi connectivity index (χ3v) is 2.38. The lowest BCUT2D eigenvalue weighted by atomic mass is 10.2. The minimum absolute atomic E-state index is 0.371. The summed E-state index contributed by atoms with van der Waals surface area (Å²) >= 11 is 1.22. The largest absolute Gasteiger partial charge is 0.286 e. The summed E-state index contributed by atoms with van der Waals surface area (Å²) in [6, 6.07) is 1.71. The number of aromatic nitrogens is 2. The van der Waals surface area contributed by atoms with Gasteiger partial charge in [-0.05, 0) is 18.5 Å². The Morgan fingerprint density at radius 1 is 1.77 bits per heavy atom. The van der Waals surface area contributed by atoms with E-state index < -0.39 is 6.04 Å². The first kappa shape index (κ1) is 9.66. The van der Waals surface area contributed by atoms with Gasteiger partial charge in [-0.3, -0.25) is 5.32 Å². The van der Waals surface area contributed by atoms with Crippen LogP contribution in [-0.4, -0.2) is 16.1 Å². The van der Waals surface area contributed by atoms with Crippen LogP contribution in [0.1, 0.15) is 16.6 Å². The molecule has 66 valence electrons. The van der Waals surface area contributed by atoms with Crippen LogP contribution in [0.25, 0.3) is 0 Å². The third-order valence-electron chi connectivity index (χ3n) is 1.49. The molecule has 0 aliphatic carbocycles. The fourth-order valence-corrected chi connectivity index (χ4v) is 1.53. The molecule has 1 unspecified atom stereocenters. The standard InChI is InChI=1S/C8H8N4S/c1-3-4-10-7(5-9)8-6(2)11-12-13-8/h1,7,10H,4H2,2H3. The van der Waals surface area contributed by atoms with Crippen LogP contribution in [-0.2, 0) is 0 Å². The van der Waals surface area contributed by atoms with Crippen molar-refractivity contribution in [2.75, 3.05) is 6.54 Å². The maximum Gasteiger partial charge on any atom is 0.134 e. The van der Waals surface area contributed by atoms with Gasteiger partial charge in [-0.2, -0.15) is 5.26 Å². The Kier molecular flexibility index (Phi) is 3.39. The number of aryl methyl sites for hydroxylation is 1. The van der Waals surface area contributed by atoms with E-state index in [0.717, 1.165) is 10.6 Å². The first-order valence-corrected chi connectivity index (χ1v) is 4.42. The summed E-state index contributed by atoms with van der Waals surface area (Å²) in [6.07, 6.45) is 5.07. The number of hydrogen-bond donors (Lipinski definition) is 1. The lowest BCUT2D eigenvalue weighted by molar-refractivity contribution is 0.696. The number of nitrogens with one attached hydrogen (secondary N) is 1. The molecule has 1 aromatic rings. The van der Waals surface area contributed by atoms with E-state index in [-0.39, 0.29) is 0 Å². The van der Waals surface area contributed by atoms with Crippen LogP contribution in [0.2, 0.25) is 0 Å². The highest BCUT2D eigenvalue weighted by Crippen LogP contribution is 2.18. The molecule has 1 rings (SSSR count). The Hall–Kier alpha value is -1.43. The minimum Gasteiger partial charge on any atom is -0.286 e. The van der Waals surface area contributed by atoms with Crippen LogP contribution in [0.5, 0.6) is 0 Å². The smallest absolute Gasteiger partial charge is 0.134 e. The van der Waals surface area contributed by atoms with Gasteiger partial charge in [-0.15, -0.1) is 11.5 Å². The Morgan fingerprint density at radius 3 is 3.00 bits per heavy atom. The van der Waals surface area contributed by atoms with Gasteiger partial charge in [0.25, 0.3) is 0 Å². The van der Waals surface area contributed by atoms with Crippen molar-refractivity contribution in [1.82, 2.24) is 14.9 Å². The summed E-state index contributed by atoms with van der Waals surface area (Å²) in [6.45, 7) is 2.19. The molecule has 5 heteroatoms. The average molecular weight is 192 g/mol. The van der Waals surface area contributed by atoms with Crippen LogP contribution in [0, 0.1) is 30.6 Å². The maximum absolute atomic E-state index is 8.82. The van der Waals surface area contributed by atoms with Crippen LogP contribution in [0.4, 0.5) is 0 Å². The van der Waals surface area contributed by atoms with E-state index in [2.05, 4.69) is 26.9 Å². The van der Waals surface area contributed by atoms with E-state index in [1.807, 2.05) is 6.92 Å². The fourth-order valence-electron chi connectivity index (χ4n) is 0.861. The SMILES string of the molecule is C#CCNC(C#N)c1snnc1C.